The van der Waals surface area contributed by atoms with Gasteiger partial charge in [0.25, 0.3) is 0 Å². The maximum Gasteiger partial charge on any atom is 0.534 e. The van der Waals surface area contributed by atoms with E-state index in [-0.39, 0.29) is 5.76 Å². The van der Waals surface area contributed by atoms with E-state index >= 15 is 0 Å². The van der Waals surface area contributed by atoms with E-state index in [0.29, 0.717) is 10.8 Å². The minimum Gasteiger partial charge on any atom is -0.375 e. The van der Waals surface area contributed by atoms with E-state index in [1.54, 1.807) is 18.2 Å². The van der Waals surface area contributed by atoms with Crippen LogP contribution >= 0.6 is 0 Å². The van der Waals surface area contributed by atoms with Gasteiger partial charge in [0.2, 0.25) is 0 Å². The lowest BCUT2D eigenvalue weighted by atomic mass is 10.0. The van der Waals surface area contributed by atoms with Gasteiger partial charge in [-0.3, -0.25) is 0 Å². The minimum absolute atomic E-state index is 0.182. The van der Waals surface area contributed by atoms with Gasteiger partial charge in [-0.1, -0.05) is 56.0 Å². The summed E-state index contributed by atoms with van der Waals surface area (Å²) < 4.78 is 66.2. The first-order valence-corrected chi connectivity index (χ1v) is 12.1. The summed E-state index contributed by atoms with van der Waals surface area (Å²) in [5.74, 6) is -0.182. The second-order valence-electron chi connectivity index (χ2n) is 6.65. The molecule has 3 nitrogen and oxygen atoms in total. The molecule has 3 rings (SSSR count). The Kier molecular flexibility index (Phi) is 3.62. The molecule has 2 aromatic carbocycles. The quantitative estimate of drug-likeness (QED) is 0.443. The molecule has 1 aliphatic rings. The van der Waals surface area contributed by atoms with Crippen molar-refractivity contribution >= 4 is 39.9 Å². The summed E-state index contributed by atoms with van der Waals surface area (Å²) in [5, 5.41) is 2.16. The van der Waals surface area contributed by atoms with E-state index in [4.69, 9.17) is 0 Å². The molecule has 0 spiro atoms. The number of hydrogen-bond donors (Lipinski definition) is 0. The molecule has 0 unspecified atom stereocenters. The van der Waals surface area contributed by atoms with E-state index in [9.17, 15) is 21.6 Å². The lowest BCUT2D eigenvalue weighted by Gasteiger charge is -2.21. The first kappa shape index (κ1) is 17.0. The summed E-state index contributed by atoms with van der Waals surface area (Å²) >= 11 is 0. The number of alkyl halides is 3. The predicted molar refractivity (Wildman–Crippen MR) is 90.2 cm³/mol. The number of hydrogen-bond acceptors (Lipinski definition) is 3. The van der Waals surface area contributed by atoms with Crippen LogP contribution in [0, 0.1) is 0 Å². The van der Waals surface area contributed by atoms with E-state index in [1.165, 1.54) is 0 Å². The fourth-order valence-electron chi connectivity index (χ4n) is 2.98. The minimum atomic E-state index is -5.72. The van der Waals surface area contributed by atoms with Crippen LogP contribution in [-0.2, 0) is 14.3 Å². The molecular formula is C16H15F3O3SSi. The van der Waals surface area contributed by atoms with Gasteiger partial charge >= 0.3 is 15.6 Å². The highest BCUT2D eigenvalue weighted by Crippen LogP contribution is 2.47. The molecule has 0 amide bonds. The second kappa shape index (κ2) is 5.09. The highest BCUT2D eigenvalue weighted by Gasteiger charge is 2.50. The summed E-state index contributed by atoms with van der Waals surface area (Å²) in [6.07, 6.45) is 0. The van der Waals surface area contributed by atoms with Gasteiger partial charge in [0, 0.05) is 5.56 Å². The molecule has 0 heterocycles. The molecule has 2 aromatic rings. The Labute approximate surface area is 138 Å². The molecule has 0 saturated carbocycles. The van der Waals surface area contributed by atoms with Gasteiger partial charge in [-0.15, -0.1) is 0 Å². The molecule has 1 aliphatic carbocycles. The fraction of sp³-hybridized carbons (Fsp3) is 0.250. The molecule has 0 fully saturated rings. The number of benzene rings is 2. The third-order valence-electron chi connectivity index (χ3n) is 3.87. The molecular weight excluding hydrogens is 357 g/mol. The van der Waals surface area contributed by atoms with Crippen LogP contribution in [0.1, 0.15) is 11.1 Å². The highest BCUT2D eigenvalue weighted by atomic mass is 32.2. The Balaban J connectivity index is 2.32. The zero-order valence-corrected chi connectivity index (χ0v) is 15.0. The lowest BCUT2D eigenvalue weighted by molar-refractivity contribution is -0.0509. The van der Waals surface area contributed by atoms with Crippen LogP contribution < -0.4 is 0 Å². The molecule has 24 heavy (non-hydrogen) atoms. The maximum atomic E-state index is 12.8. The normalized spacial score (nSPS) is 15.2. The monoisotopic (exact) mass is 372 g/mol. The zero-order chi connectivity index (χ0) is 17.9. The van der Waals surface area contributed by atoms with Crippen molar-refractivity contribution in [3.05, 3.63) is 47.5 Å². The Hall–Kier alpha value is -1.80. The first-order chi connectivity index (χ1) is 10.9. The van der Waals surface area contributed by atoms with E-state index in [2.05, 4.69) is 4.18 Å². The molecule has 0 saturated heterocycles. The van der Waals surface area contributed by atoms with Crippen molar-refractivity contribution in [2.24, 2.45) is 0 Å². The Morgan fingerprint density at radius 1 is 0.958 bits per heavy atom. The zero-order valence-electron chi connectivity index (χ0n) is 13.2. The van der Waals surface area contributed by atoms with Crippen molar-refractivity contribution in [1.29, 1.82) is 0 Å². The fourth-order valence-corrected chi connectivity index (χ4v) is 5.43. The van der Waals surface area contributed by atoms with Gasteiger partial charge in [0.1, 0.15) is 0 Å². The summed E-state index contributed by atoms with van der Waals surface area (Å²) in [6, 6.07) is 10.6. The van der Waals surface area contributed by atoms with Crippen LogP contribution in [0.15, 0.2) is 36.4 Å². The highest BCUT2D eigenvalue weighted by molar-refractivity contribution is 7.87. The van der Waals surface area contributed by atoms with Crippen molar-refractivity contribution < 1.29 is 25.8 Å². The second-order valence-corrected chi connectivity index (χ2v) is 13.2. The number of rotatable bonds is 3. The Morgan fingerprint density at radius 2 is 1.50 bits per heavy atom. The third kappa shape index (κ3) is 2.53. The SMILES string of the molecule is C[Si](C)(C)C1=C(OS(=O)(=O)C(F)(F)F)c2cccc3cccc1c23. The third-order valence-corrected chi connectivity index (χ3v) is 6.82. The molecule has 0 aliphatic heterocycles. The van der Waals surface area contributed by atoms with Crippen LogP contribution in [0.25, 0.3) is 21.7 Å². The molecule has 0 atom stereocenters. The average molecular weight is 372 g/mol. The van der Waals surface area contributed by atoms with Gasteiger partial charge in [0.15, 0.2) is 5.76 Å². The molecule has 8 heteroatoms. The van der Waals surface area contributed by atoms with Gasteiger partial charge in [-0.25, -0.2) is 0 Å². The van der Waals surface area contributed by atoms with Crippen LogP contribution in [0.4, 0.5) is 13.2 Å². The van der Waals surface area contributed by atoms with E-state index < -0.39 is 23.7 Å². The van der Waals surface area contributed by atoms with Crippen LogP contribution in [-0.4, -0.2) is 22.0 Å². The average Bonchev–Trinajstić information content (AvgIpc) is 2.73. The van der Waals surface area contributed by atoms with Crippen molar-refractivity contribution in [3.8, 4) is 0 Å². The summed E-state index contributed by atoms with van der Waals surface area (Å²) in [4.78, 5) is 0. The van der Waals surface area contributed by atoms with Crippen molar-refractivity contribution in [2.45, 2.75) is 25.1 Å². The van der Waals surface area contributed by atoms with Gasteiger partial charge in [-0.2, -0.15) is 21.6 Å². The van der Waals surface area contributed by atoms with E-state index in [0.717, 1.165) is 16.3 Å². The van der Waals surface area contributed by atoms with Crippen molar-refractivity contribution in [2.75, 3.05) is 0 Å². The predicted octanol–water partition coefficient (Wildman–Crippen LogP) is 4.77. The topological polar surface area (TPSA) is 43.4 Å². The first-order valence-electron chi connectivity index (χ1n) is 7.21. The molecule has 0 bridgehead atoms. The molecule has 0 N–H and O–H groups in total. The van der Waals surface area contributed by atoms with Crippen molar-refractivity contribution in [3.63, 3.8) is 0 Å². The van der Waals surface area contributed by atoms with Crippen LogP contribution in [0.5, 0.6) is 0 Å². The number of halogens is 3. The smallest absolute Gasteiger partial charge is 0.375 e. The lowest BCUT2D eigenvalue weighted by Crippen LogP contribution is -2.27. The molecule has 0 aromatic heterocycles. The Bertz CT molecular complexity index is 965. The van der Waals surface area contributed by atoms with Crippen LogP contribution in [0.2, 0.25) is 19.6 Å². The maximum absolute atomic E-state index is 12.8. The van der Waals surface area contributed by atoms with Gasteiger partial charge in [0.05, 0.1) is 8.07 Å². The van der Waals surface area contributed by atoms with Crippen LogP contribution in [0.3, 0.4) is 0 Å². The van der Waals surface area contributed by atoms with Gasteiger partial charge < -0.3 is 4.18 Å². The standard InChI is InChI=1S/C16H15F3O3SSi/c1-24(2,3)15-12-9-5-7-10-6-4-8-11(13(10)12)14(15)22-23(20,21)16(17,18)19/h4-9H,1-3H3. The largest absolute Gasteiger partial charge is 0.534 e. The molecule has 128 valence electrons. The summed E-state index contributed by atoms with van der Waals surface area (Å²) in [7, 11) is -7.92. The summed E-state index contributed by atoms with van der Waals surface area (Å²) in [6.45, 7) is 5.82. The van der Waals surface area contributed by atoms with Crippen molar-refractivity contribution in [1.82, 2.24) is 0 Å². The summed E-state index contributed by atoms with van der Waals surface area (Å²) in [5.41, 5.74) is -4.31. The Morgan fingerprint density at radius 3 is 2.00 bits per heavy atom. The van der Waals surface area contributed by atoms with E-state index in [1.807, 2.05) is 37.8 Å². The molecule has 0 radical (unpaired) electrons. The van der Waals surface area contributed by atoms with Gasteiger partial charge in [-0.05, 0) is 21.5 Å².